The molecule has 0 radical (unpaired) electrons. The lowest BCUT2D eigenvalue weighted by molar-refractivity contribution is 0.421. The van der Waals surface area contributed by atoms with Crippen molar-refractivity contribution in [2.24, 2.45) is 0 Å². The molecule has 0 unspecified atom stereocenters. The number of nitrogens with one attached hydrogen (secondary N) is 1. The first-order valence-corrected chi connectivity index (χ1v) is 6.97. The molecule has 0 aliphatic carbocycles. The van der Waals surface area contributed by atoms with Crippen molar-refractivity contribution in [3.63, 3.8) is 0 Å². The highest BCUT2D eigenvalue weighted by Gasteiger charge is 2.45. The van der Waals surface area contributed by atoms with Gasteiger partial charge in [-0.3, -0.25) is 0 Å². The predicted molar refractivity (Wildman–Crippen MR) is 78.0 cm³/mol. The zero-order valence-corrected chi connectivity index (χ0v) is 11.1. The zero-order valence-electron chi connectivity index (χ0n) is 11.1. The molecule has 2 heterocycles. The summed E-state index contributed by atoms with van der Waals surface area (Å²) in [5.41, 5.74) is 7.99. The van der Waals surface area contributed by atoms with Crippen LogP contribution in [0.3, 0.4) is 0 Å². The minimum Gasteiger partial charge on any atom is -0.304 e. The second-order valence-corrected chi connectivity index (χ2v) is 5.87. The normalized spacial score (nSPS) is 28.3. The van der Waals surface area contributed by atoms with Gasteiger partial charge in [0.25, 0.3) is 0 Å². The van der Waals surface area contributed by atoms with E-state index < -0.39 is 0 Å². The second-order valence-electron chi connectivity index (χ2n) is 5.87. The van der Waals surface area contributed by atoms with Gasteiger partial charge in [0.05, 0.1) is 17.3 Å². The average Bonchev–Trinajstić information content (AvgIpc) is 2.94. The van der Waals surface area contributed by atoms with E-state index in [1.54, 1.807) is 0 Å². The maximum absolute atomic E-state index is 3.74. The van der Waals surface area contributed by atoms with Gasteiger partial charge >= 0.3 is 0 Å². The van der Waals surface area contributed by atoms with E-state index in [2.05, 4.69) is 72.0 Å². The third kappa shape index (κ3) is 1.60. The van der Waals surface area contributed by atoms with Gasteiger partial charge in [0, 0.05) is 0 Å². The van der Waals surface area contributed by atoms with Crippen LogP contribution >= 0.6 is 0 Å². The second kappa shape index (κ2) is 3.84. The van der Waals surface area contributed by atoms with Crippen LogP contribution in [-0.4, -0.2) is 6.04 Å². The fourth-order valence-electron chi connectivity index (χ4n) is 3.55. The summed E-state index contributed by atoms with van der Waals surface area (Å²) in [7, 11) is 0. The van der Waals surface area contributed by atoms with E-state index in [0.717, 1.165) is 12.8 Å². The minimum absolute atomic E-state index is 0.0550. The molecule has 2 heteroatoms. The quantitative estimate of drug-likeness (QED) is 0.836. The summed E-state index contributed by atoms with van der Waals surface area (Å²) in [6, 6.07) is 20.1. The highest BCUT2D eigenvalue weighted by Crippen LogP contribution is 2.42. The Kier molecular flexibility index (Phi) is 2.24. The molecule has 0 spiro atoms. The Morgan fingerprint density at radius 1 is 1.05 bits per heavy atom. The summed E-state index contributed by atoms with van der Waals surface area (Å²) >= 11 is 0. The molecule has 0 aromatic heterocycles. The number of benzene rings is 2. The van der Waals surface area contributed by atoms with Crippen LogP contribution in [0.4, 0.5) is 5.69 Å². The molecular formula is C17H18N2. The van der Waals surface area contributed by atoms with Gasteiger partial charge in [-0.2, -0.15) is 0 Å². The van der Waals surface area contributed by atoms with Gasteiger partial charge in [-0.05, 0) is 37.0 Å². The van der Waals surface area contributed by atoms with Crippen molar-refractivity contribution < 1.29 is 0 Å². The predicted octanol–water partition coefficient (Wildman–Crippen LogP) is 3.24. The largest absolute Gasteiger partial charge is 0.304 e. The van der Waals surface area contributed by atoms with Crippen LogP contribution in [-0.2, 0) is 12.0 Å². The lowest BCUT2D eigenvalue weighted by Gasteiger charge is -2.27. The van der Waals surface area contributed by atoms with E-state index in [1.807, 2.05) is 0 Å². The molecule has 2 aromatic carbocycles. The summed E-state index contributed by atoms with van der Waals surface area (Å²) in [6.07, 6.45) is 2.32. The number of anilines is 1. The molecule has 96 valence electrons. The lowest BCUT2D eigenvalue weighted by atomic mass is 9.87. The SMILES string of the molecule is C[C@]1(c2ccccc2)C[C@H]2Cc3ccccc3N2N1. The summed E-state index contributed by atoms with van der Waals surface area (Å²) in [5.74, 6) is 0. The molecule has 1 fully saturated rings. The summed E-state index contributed by atoms with van der Waals surface area (Å²) in [5, 5.41) is 2.38. The summed E-state index contributed by atoms with van der Waals surface area (Å²) in [6.45, 7) is 2.31. The van der Waals surface area contributed by atoms with Crippen LogP contribution in [0.25, 0.3) is 0 Å². The van der Waals surface area contributed by atoms with Crippen molar-refractivity contribution in [1.29, 1.82) is 0 Å². The molecule has 1 saturated heterocycles. The Morgan fingerprint density at radius 3 is 2.63 bits per heavy atom. The molecule has 2 aliphatic heterocycles. The Hall–Kier alpha value is -1.80. The van der Waals surface area contributed by atoms with Crippen molar-refractivity contribution in [3.8, 4) is 0 Å². The van der Waals surface area contributed by atoms with E-state index in [-0.39, 0.29) is 5.54 Å². The lowest BCUT2D eigenvalue weighted by Crippen LogP contribution is -2.42. The number of fused-ring (bicyclic) bond motifs is 3. The third-order valence-corrected chi connectivity index (χ3v) is 4.49. The molecule has 2 nitrogen and oxygen atoms in total. The molecule has 0 bridgehead atoms. The maximum Gasteiger partial charge on any atom is 0.0614 e. The number of nitrogens with zero attached hydrogens (tertiary/aromatic N) is 1. The van der Waals surface area contributed by atoms with Crippen LogP contribution in [0.1, 0.15) is 24.5 Å². The van der Waals surface area contributed by atoms with Gasteiger partial charge in [0.15, 0.2) is 0 Å². The Morgan fingerprint density at radius 2 is 1.79 bits per heavy atom. The third-order valence-electron chi connectivity index (χ3n) is 4.49. The molecule has 19 heavy (non-hydrogen) atoms. The summed E-state index contributed by atoms with van der Waals surface area (Å²) < 4.78 is 0. The van der Waals surface area contributed by atoms with Gasteiger partial charge in [-0.15, -0.1) is 0 Å². The fourth-order valence-corrected chi connectivity index (χ4v) is 3.55. The van der Waals surface area contributed by atoms with Crippen molar-refractivity contribution in [3.05, 3.63) is 65.7 Å². The van der Waals surface area contributed by atoms with Crippen LogP contribution < -0.4 is 10.4 Å². The number of hydrogen-bond acceptors (Lipinski definition) is 2. The molecule has 2 aromatic rings. The van der Waals surface area contributed by atoms with Crippen LogP contribution in [0.15, 0.2) is 54.6 Å². The average molecular weight is 250 g/mol. The van der Waals surface area contributed by atoms with Crippen molar-refractivity contribution in [2.75, 3.05) is 5.01 Å². The van der Waals surface area contributed by atoms with Gasteiger partial charge in [0.2, 0.25) is 0 Å². The first kappa shape index (κ1) is 11.1. The Bertz CT molecular complexity index is 608. The van der Waals surface area contributed by atoms with E-state index in [0.29, 0.717) is 6.04 Å². The van der Waals surface area contributed by atoms with Crippen LogP contribution in [0.5, 0.6) is 0 Å². The first-order valence-electron chi connectivity index (χ1n) is 6.97. The molecule has 0 amide bonds. The highest BCUT2D eigenvalue weighted by atomic mass is 15.6. The van der Waals surface area contributed by atoms with Crippen molar-refractivity contribution in [1.82, 2.24) is 5.43 Å². The van der Waals surface area contributed by atoms with Gasteiger partial charge < -0.3 is 5.01 Å². The fraction of sp³-hybridized carbons (Fsp3) is 0.294. The van der Waals surface area contributed by atoms with E-state index >= 15 is 0 Å². The molecule has 1 N–H and O–H groups in total. The van der Waals surface area contributed by atoms with Gasteiger partial charge in [0.1, 0.15) is 0 Å². The molecule has 0 saturated carbocycles. The smallest absolute Gasteiger partial charge is 0.0614 e. The Balaban J connectivity index is 1.70. The first-order chi connectivity index (χ1) is 9.26. The number of para-hydroxylation sites is 1. The van der Waals surface area contributed by atoms with Crippen molar-refractivity contribution >= 4 is 5.69 Å². The maximum atomic E-state index is 3.74. The number of hydrogen-bond donors (Lipinski definition) is 1. The molecule has 4 rings (SSSR count). The van der Waals surface area contributed by atoms with Gasteiger partial charge in [-0.1, -0.05) is 48.5 Å². The van der Waals surface area contributed by atoms with Crippen molar-refractivity contribution in [2.45, 2.75) is 31.3 Å². The van der Waals surface area contributed by atoms with E-state index in [4.69, 9.17) is 0 Å². The highest BCUT2D eigenvalue weighted by molar-refractivity contribution is 5.60. The van der Waals surface area contributed by atoms with Crippen LogP contribution in [0, 0.1) is 0 Å². The minimum atomic E-state index is 0.0550. The van der Waals surface area contributed by atoms with Crippen LogP contribution in [0.2, 0.25) is 0 Å². The van der Waals surface area contributed by atoms with E-state index in [1.165, 1.54) is 16.8 Å². The molecule has 2 atom stereocenters. The zero-order chi connectivity index (χ0) is 12.9. The number of hydrazine groups is 1. The molecular weight excluding hydrogens is 232 g/mol. The Labute approximate surface area is 114 Å². The molecule has 2 aliphatic rings. The van der Waals surface area contributed by atoms with E-state index in [9.17, 15) is 0 Å². The van der Waals surface area contributed by atoms with Gasteiger partial charge in [-0.25, -0.2) is 5.43 Å². The number of rotatable bonds is 1. The summed E-state index contributed by atoms with van der Waals surface area (Å²) in [4.78, 5) is 0. The topological polar surface area (TPSA) is 15.3 Å². The standard InChI is InChI=1S/C17H18N2/c1-17(14-8-3-2-4-9-14)12-15-11-13-7-5-6-10-16(13)19(15)18-17/h2-10,15,18H,11-12H2,1H3/t15-,17-/m1/s1. The monoisotopic (exact) mass is 250 g/mol.